The van der Waals surface area contributed by atoms with Gasteiger partial charge in [-0.25, -0.2) is 9.97 Å². The highest BCUT2D eigenvalue weighted by molar-refractivity contribution is 6.31. The van der Waals surface area contributed by atoms with Crippen molar-refractivity contribution >= 4 is 28.3 Å². The van der Waals surface area contributed by atoms with Gasteiger partial charge in [-0.05, 0) is 37.1 Å². The zero-order valence-electron chi connectivity index (χ0n) is 11.3. The Hall–Kier alpha value is -2.13. The molecule has 0 saturated heterocycles. The number of benzene rings is 2. The number of nitrogens with two attached hydrogens (primary N) is 1. The van der Waals surface area contributed by atoms with Crippen LogP contribution in [0.5, 0.6) is 0 Å². The lowest BCUT2D eigenvalue weighted by molar-refractivity contribution is 1.23. The van der Waals surface area contributed by atoms with Crippen LogP contribution in [0.25, 0.3) is 22.3 Å². The average Bonchev–Trinajstić information content (AvgIpc) is 2.41. The van der Waals surface area contributed by atoms with Gasteiger partial charge in [-0.2, -0.15) is 0 Å². The Bertz CT molecular complexity index is 812. The van der Waals surface area contributed by atoms with Crippen molar-refractivity contribution in [1.29, 1.82) is 0 Å². The van der Waals surface area contributed by atoms with Crippen LogP contribution in [-0.2, 0) is 0 Å². The molecule has 0 unspecified atom stereocenters. The average molecular weight is 284 g/mol. The summed E-state index contributed by atoms with van der Waals surface area (Å²) in [6, 6.07) is 11.7. The highest BCUT2D eigenvalue weighted by Crippen LogP contribution is 2.27. The largest absolute Gasteiger partial charge is 0.383 e. The number of aryl methyl sites for hydroxylation is 2. The second-order valence-electron chi connectivity index (χ2n) is 4.87. The lowest BCUT2D eigenvalue weighted by atomic mass is 10.1. The molecule has 20 heavy (non-hydrogen) atoms. The van der Waals surface area contributed by atoms with Gasteiger partial charge in [0.2, 0.25) is 0 Å². The molecule has 1 aromatic heterocycles. The smallest absolute Gasteiger partial charge is 0.162 e. The number of hydrogen-bond donors (Lipinski definition) is 1. The van der Waals surface area contributed by atoms with Crippen LogP contribution in [0.3, 0.4) is 0 Å². The Morgan fingerprint density at radius 2 is 1.80 bits per heavy atom. The molecule has 3 aromatic rings. The minimum absolute atomic E-state index is 0.500. The molecule has 0 saturated carbocycles. The van der Waals surface area contributed by atoms with Crippen molar-refractivity contribution in [3.05, 3.63) is 52.5 Å². The summed E-state index contributed by atoms with van der Waals surface area (Å²) in [5, 5.41) is 1.61. The molecule has 100 valence electrons. The molecule has 0 amide bonds. The standard InChI is InChI=1S/C16H14ClN3/c1-9-6-7-11(8-12(9)17)16-19-13-5-3-4-10(2)14(13)15(18)20-16/h3-8H,1-2H3,(H2,18,19,20). The van der Waals surface area contributed by atoms with E-state index in [-0.39, 0.29) is 0 Å². The molecule has 0 atom stereocenters. The molecule has 0 aliphatic carbocycles. The molecule has 0 aliphatic heterocycles. The maximum absolute atomic E-state index is 6.16. The van der Waals surface area contributed by atoms with Crippen LogP contribution >= 0.6 is 11.6 Å². The zero-order chi connectivity index (χ0) is 14.3. The fourth-order valence-corrected chi connectivity index (χ4v) is 2.43. The van der Waals surface area contributed by atoms with Gasteiger partial charge in [0.05, 0.1) is 5.52 Å². The number of aromatic nitrogens is 2. The lowest BCUT2D eigenvalue weighted by Gasteiger charge is -2.08. The summed E-state index contributed by atoms with van der Waals surface area (Å²) in [7, 11) is 0. The molecule has 1 heterocycles. The van der Waals surface area contributed by atoms with Crippen molar-refractivity contribution in [2.45, 2.75) is 13.8 Å². The van der Waals surface area contributed by atoms with Crippen molar-refractivity contribution in [2.75, 3.05) is 5.73 Å². The third-order valence-corrected chi connectivity index (χ3v) is 3.80. The summed E-state index contributed by atoms with van der Waals surface area (Å²) >= 11 is 6.16. The number of nitrogen functional groups attached to an aromatic ring is 1. The summed E-state index contributed by atoms with van der Waals surface area (Å²) < 4.78 is 0. The first-order valence-corrected chi connectivity index (χ1v) is 6.73. The Balaban J connectivity index is 2.25. The molecule has 0 bridgehead atoms. The van der Waals surface area contributed by atoms with Gasteiger partial charge >= 0.3 is 0 Å². The van der Waals surface area contributed by atoms with E-state index in [1.165, 1.54) is 0 Å². The number of anilines is 1. The van der Waals surface area contributed by atoms with E-state index >= 15 is 0 Å². The summed E-state index contributed by atoms with van der Waals surface area (Å²) in [6.07, 6.45) is 0. The molecule has 3 nitrogen and oxygen atoms in total. The van der Waals surface area contributed by atoms with Gasteiger partial charge < -0.3 is 5.73 Å². The molecular formula is C16H14ClN3. The van der Waals surface area contributed by atoms with Crippen LogP contribution in [0, 0.1) is 13.8 Å². The van der Waals surface area contributed by atoms with Crippen LogP contribution in [0.1, 0.15) is 11.1 Å². The van der Waals surface area contributed by atoms with Crippen molar-refractivity contribution in [2.24, 2.45) is 0 Å². The number of halogens is 1. The first-order valence-electron chi connectivity index (χ1n) is 6.35. The van der Waals surface area contributed by atoms with Crippen molar-refractivity contribution in [3.63, 3.8) is 0 Å². The molecule has 4 heteroatoms. The molecular weight excluding hydrogens is 270 g/mol. The highest BCUT2D eigenvalue weighted by Gasteiger charge is 2.09. The maximum Gasteiger partial charge on any atom is 0.162 e. The summed E-state index contributed by atoms with van der Waals surface area (Å²) in [5.41, 5.74) is 9.91. The van der Waals surface area contributed by atoms with E-state index in [0.29, 0.717) is 16.7 Å². The van der Waals surface area contributed by atoms with E-state index in [9.17, 15) is 0 Å². The fourth-order valence-electron chi connectivity index (χ4n) is 2.25. The number of rotatable bonds is 1. The van der Waals surface area contributed by atoms with Gasteiger partial charge in [-0.15, -0.1) is 0 Å². The minimum atomic E-state index is 0.500. The topological polar surface area (TPSA) is 51.8 Å². The van der Waals surface area contributed by atoms with Crippen LogP contribution in [0.15, 0.2) is 36.4 Å². The van der Waals surface area contributed by atoms with E-state index in [2.05, 4.69) is 9.97 Å². The van der Waals surface area contributed by atoms with Gasteiger partial charge in [0.25, 0.3) is 0 Å². The van der Waals surface area contributed by atoms with Gasteiger partial charge in [0.15, 0.2) is 5.82 Å². The number of fused-ring (bicyclic) bond motifs is 1. The molecule has 0 spiro atoms. The van der Waals surface area contributed by atoms with Crippen molar-refractivity contribution in [1.82, 2.24) is 9.97 Å². The predicted octanol–water partition coefficient (Wildman–Crippen LogP) is 4.15. The Labute approximate surface area is 122 Å². The SMILES string of the molecule is Cc1ccc(-c2nc(N)c3c(C)cccc3n2)cc1Cl. The van der Waals surface area contributed by atoms with E-state index in [1.807, 2.05) is 50.2 Å². The summed E-state index contributed by atoms with van der Waals surface area (Å²) in [4.78, 5) is 9.00. The van der Waals surface area contributed by atoms with Gasteiger partial charge in [0, 0.05) is 16.0 Å². The third-order valence-electron chi connectivity index (χ3n) is 3.39. The van der Waals surface area contributed by atoms with Crippen LogP contribution < -0.4 is 5.73 Å². The first-order chi connectivity index (χ1) is 9.56. The highest BCUT2D eigenvalue weighted by atomic mass is 35.5. The Kier molecular flexibility index (Phi) is 3.07. The fraction of sp³-hybridized carbons (Fsp3) is 0.125. The quantitative estimate of drug-likeness (QED) is 0.730. The van der Waals surface area contributed by atoms with Crippen LogP contribution in [0.4, 0.5) is 5.82 Å². The molecule has 2 aromatic carbocycles. The first kappa shape index (κ1) is 12.9. The van der Waals surface area contributed by atoms with Gasteiger partial charge in [-0.3, -0.25) is 0 Å². The molecule has 3 rings (SSSR count). The number of nitrogens with zero attached hydrogens (tertiary/aromatic N) is 2. The van der Waals surface area contributed by atoms with E-state index in [1.54, 1.807) is 0 Å². The third kappa shape index (κ3) is 2.10. The van der Waals surface area contributed by atoms with E-state index in [4.69, 9.17) is 17.3 Å². The van der Waals surface area contributed by atoms with Crippen molar-refractivity contribution in [3.8, 4) is 11.4 Å². The van der Waals surface area contributed by atoms with Crippen LogP contribution in [0.2, 0.25) is 5.02 Å². The monoisotopic (exact) mass is 283 g/mol. The zero-order valence-corrected chi connectivity index (χ0v) is 12.1. The lowest BCUT2D eigenvalue weighted by Crippen LogP contribution is -1.99. The Morgan fingerprint density at radius 1 is 1.00 bits per heavy atom. The summed E-state index contributed by atoms with van der Waals surface area (Å²) in [6.45, 7) is 3.97. The van der Waals surface area contributed by atoms with E-state index in [0.717, 1.165) is 27.6 Å². The minimum Gasteiger partial charge on any atom is -0.383 e. The summed E-state index contributed by atoms with van der Waals surface area (Å²) in [5.74, 6) is 1.10. The van der Waals surface area contributed by atoms with Gasteiger partial charge in [-0.1, -0.05) is 35.9 Å². The Morgan fingerprint density at radius 3 is 2.55 bits per heavy atom. The normalized spacial score (nSPS) is 10.9. The molecule has 0 aliphatic rings. The van der Waals surface area contributed by atoms with Crippen LogP contribution in [-0.4, -0.2) is 9.97 Å². The molecule has 2 N–H and O–H groups in total. The molecule has 0 fully saturated rings. The second-order valence-corrected chi connectivity index (χ2v) is 5.27. The van der Waals surface area contributed by atoms with Gasteiger partial charge in [0.1, 0.15) is 5.82 Å². The van der Waals surface area contributed by atoms with E-state index < -0.39 is 0 Å². The molecule has 0 radical (unpaired) electrons. The van der Waals surface area contributed by atoms with Crippen molar-refractivity contribution < 1.29 is 0 Å². The second kappa shape index (κ2) is 4.76. The maximum atomic E-state index is 6.16. The predicted molar refractivity (Wildman–Crippen MR) is 83.9 cm³/mol. The number of hydrogen-bond acceptors (Lipinski definition) is 3.